The van der Waals surface area contributed by atoms with Crippen LogP contribution in [0.4, 0.5) is 0 Å². The minimum Gasteiger partial charge on any atom is -0.294 e. The van der Waals surface area contributed by atoms with Crippen LogP contribution in [-0.4, -0.2) is 20.0 Å². The van der Waals surface area contributed by atoms with E-state index in [9.17, 15) is 13.2 Å². The summed E-state index contributed by atoms with van der Waals surface area (Å²) in [4.78, 5) is 12.2. The zero-order valence-corrected chi connectivity index (χ0v) is 14.5. The van der Waals surface area contributed by atoms with E-state index < -0.39 is 10.0 Å². The van der Waals surface area contributed by atoms with Crippen LogP contribution in [0.2, 0.25) is 5.02 Å². The predicted octanol–water partition coefficient (Wildman–Crippen LogP) is 2.67. The summed E-state index contributed by atoms with van der Waals surface area (Å²) >= 11 is 7.17. The van der Waals surface area contributed by atoms with Crippen molar-refractivity contribution in [3.8, 4) is 0 Å². The molecule has 0 unspecified atom stereocenters. The van der Waals surface area contributed by atoms with E-state index in [1.807, 2.05) is 18.2 Å². The summed E-state index contributed by atoms with van der Waals surface area (Å²) in [5.74, 6) is 0. The van der Waals surface area contributed by atoms with Crippen molar-refractivity contribution >= 4 is 43.2 Å². The van der Waals surface area contributed by atoms with Crippen molar-refractivity contribution in [3.05, 3.63) is 62.7 Å². The lowest BCUT2D eigenvalue weighted by atomic mass is 10.2. The summed E-state index contributed by atoms with van der Waals surface area (Å²) in [6.45, 7) is 0.344. The molecule has 1 heterocycles. The Labute approximate surface area is 142 Å². The molecule has 0 fully saturated rings. The molecule has 0 saturated heterocycles. The Morgan fingerprint density at radius 3 is 2.65 bits per heavy atom. The molecule has 120 valence electrons. The van der Waals surface area contributed by atoms with Crippen LogP contribution in [0.5, 0.6) is 0 Å². The maximum atomic E-state index is 12.3. The molecule has 0 saturated carbocycles. The van der Waals surface area contributed by atoms with Crippen LogP contribution in [-0.2, 0) is 16.6 Å². The molecule has 0 spiro atoms. The van der Waals surface area contributed by atoms with Crippen molar-refractivity contribution in [3.63, 3.8) is 0 Å². The summed E-state index contributed by atoms with van der Waals surface area (Å²) in [5.41, 5.74) is 1.53. The third-order valence-electron chi connectivity index (χ3n) is 3.51. The fourth-order valence-electron chi connectivity index (χ4n) is 2.28. The Morgan fingerprint density at radius 1 is 1.22 bits per heavy atom. The number of nitrogens with one attached hydrogen (secondary N) is 1. The average molecular weight is 369 g/mol. The van der Waals surface area contributed by atoms with E-state index in [2.05, 4.69) is 4.72 Å². The van der Waals surface area contributed by atoms with E-state index in [0.29, 0.717) is 21.8 Å². The Morgan fingerprint density at radius 2 is 1.96 bits per heavy atom. The second kappa shape index (κ2) is 6.09. The molecule has 0 aliphatic carbocycles. The highest BCUT2D eigenvalue weighted by molar-refractivity contribution is 7.89. The first kappa shape index (κ1) is 16.2. The Bertz CT molecular complexity index is 1040. The topological polar surface area (TPSA) is 68.2 Å². The third kappa shape index (κ3) is 3.05. The van der Waals surface area contributed by atoms with Gasteiger partial charge in [0.1, 0.15) is 0 Å². The lowest BCUT2D eigenvalue weighted by Crippen LogP contribution is -2.18. The number of fused-ring (bicyclic) bond motifs is 1. The molecule has 5 nitrogen and oxygen atoms in total. The Hall–Kier alpha value is -1.67. The Balaban J connectivity index is 2.11. The van der Waals surface area contributed by atoms with Crippen molar-refractivity contribution in [1.29, 1.82) is 0 Å². The van der Waals surface area contributed by atoms with Gasteiger partial charge in [-0.15, -0.1) is 0 Å². The number of aromatic nitrogens is 1. The molecular formula is C15H13ClN2O3S2. The maximum Gasteiger partial charge on any atom is 0.308 e. The standard InChI is InChI=1S/C15H13ClN2O3S2/c1-17-23(20,21)11-6-7-13-14(8-11)22-15(19)18(13)9-10-4-2-3-5-12(10)16/h2-8,17H,9H2,1H3. The number of hydrogen-bond acceptors (Lipinski definition) is 4. The van der Waals surface area contributed by atoms with Crippen LogP contribution >= 0.6 is 22.9 Å². The minimum absolute atomic E-state index is 0.138. The molecule has 0 aliphatic heterocycles. The molecule has 0 radical (unpaired) electrons. The molecule has 0 atom stereocenters. The average Bonchev–Trinajstić information content (AvgIpc) is 2.84. The molecule has 2 aromatic carbocycles. The van der Waals surface area contributed by atoms with E-state index in [1.165, 1.54) is 19.2 Å². The van der Waals surface area contributed by atoms with E-state index in [4.69, 9.17) is 11.6 Å². The summed E-state index contributed by atoms with van der Waals surface area (Å²) in [7, 11) is -2.18. The molecule has 0 amide bonds. The summed E-state index contributed by atoms with van der Waals surface area (Å²) in [5, 5.41) is 0.591. The van der Waals surface area contributed by atoms with Gasteiger partial charge in [-0.2, -0.15) is 0 Å². The second-order valence-corrected chi connectivity index (χ2v) is 8.17. The molecule has 0 bridgehead atoms. The van der Waals surface area contributed by atoms with Crippen molar-refractivity contribution < 1.29 is 8.42 Å². The van der Waals surface area contributed by atoms with Crippen LogP contribution in [0.15, 0.2) is 52.2 Å². The second-order valence-electron chi connectivity index (χ2n) is 4.88. The van der Waals surface area contributed by atoms with Gasteiger partial charge in [0.15, 0.2) is 0 Å². The van der Waals surface area contributed by atoms with Crippen LogP contribution in [0.1, 0.15) is 5.56 Å². The van der Waals surface area contributed by atoms with Gasteiger partial charge in [-0.05, 0) is 36.9 Å². The molecule has 3 rings (SSSR count). The van der Waals surface area contributed by atoms with Gasteiger partial charge in [-0.1, -0.05) is 41.1 Å². The number of halogens is 1. The van der Waals surface area contributed by atoms with Gasteiger partial charge in [0, 0.05) is 5.02 Å². The summed E-state index contributed by atoms with van der Waals surface area (Å²) < 4.78 is 28.2. The van der Waals surface area contributed by atoms with Crippen molar-refractivity contribution in [1.82, 2.24) is 9.29 Å². The zero-order valence-electron chi connectivity index (χ0n) is 12.1. The lowest BCUT2D eigenvalue weighted by Gasteiger charge is -2.07. The van der Waals surface area contributed by atoms with Gasteiger partial charge in [0.25, 0.3) is 0 Å². The van der Waals surface area contributed by atoms with Crippen LogP contribution in [0, 0.1) is 0 Å². The van der Waals surface area contributed by atoms with E-state index in [-0.39, 0.29) is 9.77 Å². The maximum absolute atomic E-state index is 12.3. The highest BCUT2D eigenvalue weighted by atomic mass is 35.5. The normalized spacial score (nSPS) is 11.9. The quantitative estimate of drug-likeness (QED) is 0.769. The first-order valence-corrected chi connectivity index (χ1v) is 9.40. The Kier molecular flexibility index (Phi) is 4.29. The summed E-state index contributed by atoms with van der Waals surface area (Å²) in [6, 6.07) is 12.0. The molecule has 1 aromatic heterocycles. The highest BCUT2D eigenvalue weighted by Crippen LogP contribution is 2.24. The van der Waals surface area contributed by atoms with Gasteiger partial charge < -0.3 is 0 Å². The highest BCUT2D eigenvalue weighted by Gasteiger charge is 2.15. The molecule has 23 heavy (non-hydrogen) atoms. The van der Waals surface area contributed by atoms with E-state index in [0.717, 1.165) is 16.9 Å². The predicted molar refractivity (Wildman–Crippen MR) is 92.9 cm³/mol. The first-order chi connectivity index (χ1) is 10.9. The first-order valence-electron chi connectivity index (χ1n) is 6.73. The van der Waals surface area contributed by atoms with Gasteiger partial charge >= 0.3 is 4.87 Å². The van der Waals surface area contributed by atoms with Gasteiger partial charge in [0.05, 0.1) is 21.7 Å². The number of thiazole rings is 1. The SMILES string of the molecule is CNS(=O)(=O)c1ccc2c(c1)sc(=O)n2Cc1ccccc1Cl. The van der Waals surface area contributed by atoms with Crippen LogP contribution < -0.4 is 9.60 Å². The van der Waals surface area contributed by atoms with Gasteiger partial charge in [0.2, 0.25) is 10.0 Å². The largest absolute Gasteiger partial charge is 0.308 e. The third-order valence-corrected chi connectivity index (χ3v) is 6.23. The fourth-order valence-corrected chi connectivity index (χ4v) is 4.23. The molecule has 3 aromatic rings. The number of rotatable bonds is 4. The van der Waals surface area contributed by atoms with E-state index >= 15 is 0 Å². The fraction of sp³-hybridized carbons (Fsp3) is 0.133. The minimum atomic E-state index is -3.53. The van der Waals surface area contributed by atoms with Crippen LogP contribution in [0.25, 0.3) is 10.2 Å². The number of hydrogen-bond donors (Lipinski definition) is 1. The molecule has 8 heteroatoms. The molecular weight excluding hydrogens is 356 g/mol. The monoisotopic (exact) mass is 368 g/mol. The van der Waals surface area contributed by atoms with Crippen molar-refractivity contribution in [2.75, 3.05) is 7.05 Å². The van der Waals surface area contributed by atoms with Crippen molar-refractivity contribution in [2.45, 2.75) is 11.4 Å². The summed E-state index contributed by atoms with van der Waals surface area (Å²) in [6.07, 6.45) is 0. The number of nitrogens with zero attached hydrogens (tertiary/aromatic N) is 1. The number of sulfonamides is 1. The van der Waals surface area contributed by atoms with Crippen LogP contribution in [0.3, 0.4) is 0 Å². The van der Waals surface area contributed by atoms with Crippen molar-refractivity contribution in [2.24, 2.45) is 0 Å². The van der Waals surface area contributed by atoms with E-state index in [1.54, 1.807) is 16.7 Å². The van der Waals surface area contributed by atoms with Gasteiger partial charge in [-0.25, -0.2) is 13.1 Å². The smallest absolute Gasteiger partial charge is 0.294 e. The number of benzene rings is 2. The molecule has 1 N–H and O–H groups in total. The van der Waals surface area contributed by atoms with Gasteiger partial charge in [-0.3, -0.25) is 9.36 Å². The lowest BCUT2D eigenvalue weighted by molar-refractivity contribution is 0.588. The zero-order chi connectivity index (χ0) is 16.6. The molecule has 0 aliphatic rings.